The fraction of sp³-hybridized carbons (Fsp3) is 0.375. The van der Waals surface area contributed by atoms with E-state index in [0.29, 0.717) is 18.8 Å². The van der Waals surface area contributed by atoms with Crippen LogP contribution < -0.4 is 11.1 Å². The summed E-state index contributed by atoms with van der Waals surface area (Å²) in [6.45, 7) is 4.06. The van der Waals surface area contributed by atoms with Gasteiger partial charge < -0.3 is 11.1 Å². The van der Waals surface area contributed by atoms with Crippen molar-refractivity contribution >= 4 is 50.2 Å². The Labute approximate surface area is 162 Å². The Morgan fingerprint density at radius 1 is 1.52 bits per heavy atom. The first-order valence-electron chi connectivity index (χ1n) is 7.77. The van der Waals surface area contributed by atoms with Crippen molar-refractivity contribution in [3.8, 4) is 0 Å². The van der Waals surface area contributed by atoms with E-state index in [9.17, 15) is 4.39 Å². The Morgan fingerprint density at radius 2 is 2.28 bits per heavy atom. The Kier molecular flexibility index (Phi) is 5.62. The molecule has 3 heterocycles. The highest BCUT2D eigenvalue weighted by Crippen LogP contribution is 2.32. The molecule has 0 spiro atoms. The van der Waals surface area contributed by atoms with Gasteiger partial charge in [-0.05, 0) is 70.4 Å². The van der Waals surface area contributed by atoms with E-state index < -0.39 is 12.2 Å². The number of alkyl halides is 1. The summed E-state index contributed by atoms with van der Waals surface area (Å²) in [7, 11) is 0. The van der Waals surface area contributed by atoms with Crippen molar-refractivity contribution in [3.63, 3.8) is 0 Å². The maximum atomic E-state index is 13.5. The van der Waals surface area contributed by atoms with Crippen molar-refractivity contribution in [2.75, 3.05) is 5.32 Å². The molecular formula is C16H18BrClFN5S. The van der Waals surface area contributed by atoms with Crippen LogP contribution in [0, 0.1) is 6.92 Å². The highest BCUT2D eigenvalue weighted by molar-refractivity contribution is 9.10. The molecule has 0 bridgehead atoms. The molecule has 25 heavy (non-hydrogen) atoms. The van der Waals surface area contributed by atoms with Crippen molar-refractivity contribution in [3.05, 3.63) is 43.4 Å². The van der Waals surface area contributed by atoms with E-state index in [2.05, 4.69) is 31.3 Å². The Bertz CT molecular complexity index is 881. The molecule has 0 aliphatic rings. The Balaban J connectivity index is 2.02. The first-order valence-corrected chi connectivity index (χ1v) is 9.82. The molecule has 0 aliphatic heterocycles. The quantitative estimate of drug-likeness (QED) is 0.590. The van der Waals surface area contributed by atoms with E-state index in [1.807, 2.05) is 24.4 Å². The predicted molar refractivity (Wildman–Crippen MR) is 104 cm³/mol. The van der Waals surface area contributed by atoms with Crippen molar-refractivity contribution in [1.29, 1.82) is 0 Å². The highest BCUT2D eigenvalue weighted by atomic mass is 79.9. The summed E-state index contributed by atoms with van der Waals surface area (Å²) in [5.74, 6) is 0.639. The van der Waals surface area contributed by atoms with Crippen LogP contribution in [-0.4, -0.2) is 26.8 Å². The second-order valence-corrected chi connectivity index (χ2v) is 7.98. The molecule has 2 atom stereocenters. The summed E-state index contributed by atoms with van der Waals surface area (Å²) < 4.78 is 15.9. The number of hydrogen-bond donors (Lipinski definition) is 2. The SMILES string of the molecule is Cc1c(C[C@@H](N)[C@H](C)F)c(Br)n2nc(Cl)nc(NCc3cccs3)c12. The second kappa shape index (κ2) is 7.57. The lowest BCUT2D eigenvalue weighted by Gasteiger charge is -2.12. The summed E-state index contributed by atoms with van der Waals surface area (Å²) in [6.07, 6.45) is -0.699. The summed E-state index contributed by atoms with van der Waals surface area (Å²) in [5, 5.41) is 9.74. The van der Waals surface area contributed by atoms with Crippen LogP contribution in [0.2, 0.25) is 5.28 Å². The molecule has 5 nitrogen and oxygen atoms in total. The molecule has 3 aromatic rings. The van der Waals surface area contributed by atoms with Gasteiger partial charge in [0.1, 0.15) is 16.3 Å². The number of halogens is 3. The van der Waals surface area contributed by atoms with Gasteiger partial charge in [0, 0.05) is 10.9 Å². The number of aromatic nitrogens is 3. The van der Waals surface area contributed by atoms with Gasteiger partial charge >= 0.3 is 0 Å². The van der Waals surface area contributed by atoms with Crippen LogP contribution in [0.4, 0.5) is 10.2 Å². The molecule has 0 aromatic carbocycles. The predicted octanol–water partition coefficient (Wildman–Crippen LogP) is 4.36. The van der Waals surface area contributed by atoms with Crippen molar-refractivity contribution in [2.24, 2.45) is 5.73 Å². The van der Waals surface area contributed by atoms with E-state index in [1.54, 1.807) is 15.9 Å². The molecule has 3 N–H and O–H groups in total. The minimum Gasteiger partial charge on any atom is -0.363 e. The Hall–Kier alpha value is -1.22. The molecule has 0 fully saturated rings. The summed E-state index contributed by atoms with van der Waals surface area (Å²) in [4.78, 5) is 5.52. The normalized spacial score (nSPS) is 14.0. The maximum absolute atomic E-state index is 13.5. The second-order valence-electron chi connectivity index (χ2n) is 5.86. The van der Waals surface area contributed by atoms with Gasteiger partial charge in [-0.2, -0.15) is 4.98 Å². The zero-order chi connectivity index (χ0) is 18.1. The van der Waals surface area contributed by atoms with E-state index in [4.69, 9.17) is 17.3 Å². The molecule has 0 saturated carbocycles. The molecule has 0 radical (unpaired) electrons. The van der Waals surface area contributed by atoms with Crippen LogP contribution >= 0.6 is 38.9 Å². The van der Waals surface area contributed by atoms with Crippen LogP contribution in [0.25, 0.3) is 5.52 Å². The molecule has 3 rings (SSSR count). The van der Waals surface area contributed by atoms with E-state index in [-0.39, 0.29) is 5.28 Å². The number of anilines is 1. The molecular weight excluding hydrogens is 429 g/mol. The average Bonchev–Trinajstić information content (AvgIpc) is 3.15. The van der Waals surface area contributed by atoms with Crippen LogP contribution in [-0.2, 0) is 13.0 Å². The van der Waals surface area contributed by atoms with E-state index >= 15 is 0 Å². The third kappa shape index (κ3) is 3.81. The number of hydrogen-bond acceptors (Lipinski definition) is 5. The van der Waals surface area contributed by atoms with Crippen molar-refractivity contribution in [1.82, 2.24) is 14.6 Å². The van der Waals surface area contributed by atoms with Crippen LogP contribution in [0.1, 0.15) is 22.9 Å². The molecule has 134 valence electrons. The molecule has 3 aromatic heterocycles. The molecule has 0 aliphatic carbocycles. The average molecular weight is 447 g/mol. The standard InChI is InChI=1S/C16H18BrClFN5S/c1-8-11(6-12(20)9(2)19)14(17)24-13(8)15(22-16(18)23-24)21-7-10-4-3-5-25-10/h3-5,9,12H,6-7,20H2,1-2H3,(H,21,22,23)/t9-,12+/m0/s1. The molecule has 0 unspecified atom stereocenters. The number of nitrogens with one attached hydrogen (secondary N) is 1. The molecule has 0 amide bonds. The first kappa shape index (κ1) is 18.6. The lowest BCUT2D eigenvalue weighted by Crippen LogP contribution is -2.31. The lowest BCUT2D eigenvalue weighted by atomic mass is 10.0. The molecule has 0 saturated heterocycles. The smallest absolute Gasteiger partial charge is 0.243 e. The number of thiophene rings is 1. The minimum absolute atomic E-state index is 0.131. The van der Waals surface area contributed by atoms with E-state index in [1.165, 1.54) is 11.8 Å². The fourth-order valence-electron chi connectivity index (χ4n) is 2.65. The summed E-state index contributed by atoms with van der Waals surface area (Å²) in [6, 6.07) is 3.46. The largest absolute Gasteiger partial charge is 0.363 e. The van der Waals surface area contributed by atoms with Crippen LogP contribution in [0.15, 0.2) is 22.1 Å². The number of rotatable bonds is 6. The van der Waals surface area contributed by atoms with Crippen LogP contribution in [0.3, 0.4) is 0 Å². The third-order valence-corrected chi connectivity index (χ3v) is 5.96. The van der Waals surface area contributed by atoms with Gasteiger partial charge in [-0.15, -0.1) is 16.4 Å². The molecule has 9 heteroatoms. The van der Waals surface area contributed by atoms with Gasteiger partial charge in [-0.1, -0.05) is 6.07 Å². The first-order chi connectivity index (χ1) is 11.9. The van der Waals surface area contributed by atoms with Gasteiger partial charge in [0.15, 0.2) is 5.82 Å². The van der Waals surface area contributed by atoms with E-state index in [0.717, 1.165) is 21.2 Å². The topological polar surface area (TPSA) is 68.2 Å². The number of aryl methyl sites for hydroxylation is 1. The van der Waals surface area contributed by atoms with Gasteiger partial charge in [0.05, 0.1) is 6.54 Å². The van der Waals surface area contributed by atoms with Crippen molar-refractivity contribution < 1.29 is 4.39 Å². The zero-order valence-electron chi connectivity index (χ0n) is 13.8. The monoisotopic (exact) mass is 445 g/mol. The van der Waals surface area contributed by atoms with Gasteiger partial charge in [0.25, 0.3) is 0 Å². The third-order valence-electron chi connectivity index (χ3n) is 4.11. The van der Waals surface area contributed by atoms with Gasteiger partial charge in [0.2, 0.25) is 5.28 Å². The summed E-state index contributed by atoms with van der Waals surface area (Å²) in [5.41, 5.74) is 8.59. The summed E-state index contributed by atoms with van der Waals surface area (Å²) >= 11 is 11.3. The maximum Gasteiger partial charge on any atom is 0.243 e. The fourth-order valence-corrected chi connectivity index (χ4v) is 4.17. The van der Waals surface area contributed by atoms with Gasteiger partial charge in [-0.3, -0.25) is 0 Å². The minimum atomic E-state index is -1.10. The zero-order valence-corrected chi connectivity index (χ0v) is 16.9. The van der Waals surface area contributed by atoms with Crippen molar-refractivity contribution in [2.45, 2.75) is 39.0 Å². The lowest BCUT2D eigenvalue weighted by molar-refractivity contribution is 0.304. The number of nitrogens with two attached hydrogens (primary N) is 1. The van der Waals surface area contributed by atoms with Crippen LogP contribution in [0.5, 0.6) is 0 Å². The van der Waals surface area contributed by atoms with Gasteiger partial charge in [-0.25, -0.2) is 8.91 Å². The number of fused-ring (bicyclic) bond motifs is 1. The number of nitrogens with zero attached hydrogens (tertiary/aromatic N) is 3. The Morgan fingerprint density at radius 3 is 2.92 bits per heavy atom. The highest BCUT2D eigenvalue weighted by Gasteiger charge is 2.22.